The van der Waals surface area contributed by atoms with Gasteiger partial charge in [0.1, 0.15) is 0 Å². The molecule has 0 aromatic carbocycles. The van der Waals surface area contributed by atoms with Crippen molar-refractivity contribution in [3.8, 4) is 0 Å². The third-order valence-corrected chi connectivity index (χ3v) is 3.53. The molecular formula is C15H30IN5. The summed E-state index contributed by atoms with van der Waals surface area (Å²) in [5.74, 6) is 1.46. The molecule has 0 fully saturated rings. The lowest BCUT2D eigenvalue weighted by molar-refractivity contribution is 0.479. The summed E-state index contributed by atoms with van der Waals surface area (Å²) >= 11 is 0. The first-order chi connectivity index (χ1) is 9.43. The highest BCUT2D eigenvalue weighted by Crippen LogP contribution is 2.02. The molecule has 5 nitrogen and oxygen atoms in total. The van der Waals surface area contributed by atoms with Crippen molar-refractivity contribution >= 4 is 29.9 Å². The van der Waals surface area contributed by atoms with Crippen molar-refractivity contribution in [1.29, 1.82) is 0 Å². The van der Waals surface area contributed by atoms with Gasteiger partial charge in [-0.1, -0.05) is 13.8 Å². The number of rotatable bonds is 6. The van der Waals surface area contributed by atoms with Crippen LogP contribution in [0.25, 0.3) is 0 Å². The summed E-state index contributed by atoms with van der Waals surface area (Å²) in [7, 11) is 1.81. The van der Waals surface area contributed by atoms with E-state index in [0.717, 1.165) is 31.2 Å². The Morgan fingerprint density at radius 3 is 2.48 bits per heavy atom. The molecule has 1 aromatic rings. The molecule has 1 rings (SSSR count). The van der Waals surface area contributed by atoms with Crippen molar-refractivity contribution in [3.63, 3.8) is 0 Å². The molecule has 0 saturated carbocycles. The van der Waals surface area contributed by atoms with Gasteiger partial charge in [-0.15, -0.1) is 24.0 Å². The Balaban J connectivity index is 0.00000400. The molecule has 21 heavy (non-hydrogen) atoms. The van der Waals surface area contributed by atoms with Crippen LogP contribution in [0, 0.1) is 19.8 Å². The summed E-state index contributed by atoms with van der Waals surface area (Å²) in [5.41, 5.74) is 2.30. The molecule has 2 N–H and O–H groups in total. The maximum atomic E-state index is 4.46. The largest absolute Gasteiger partial charge is 0.356 e. The Labute approximate surface area is 146 Å². The predicted molar refractivity (Wildman–Crippen MR) is 101 cm³/mol. The standard InChI is InChI=1S/C15H29N5.HI/c1-11(2)14(5)18-15(16-6)17-8-7-9-20-13(4)10-12(3)19-20;/h10-11,14H,7-9H2,1-6H3,(H2,16,17,18);1H. The fraction of sp³-hybridized carbons (Fsp3) is 0.733. The van der Waals surface area contributed by atoms with Gasteiger partial charge in [-0.2, -0.15) is 5.10 Å². The molecule has 6 heteroatoms. The molecule has 0 radical (unpaired) electrons. The predicted octanol–water partition coefficient (Wildman–Crippen LogP) is 2.72. The van der Waals surface area contributed by atoms with Crippen molar-refractivity contribution in [2.24, 2.45) is 10.9 Å². The zero-order chi connectivity index (χ0) is 15.1. The Morgan fingerprint density at radius 2 is 2.00 bits per heavy atom. The van der Waals surface area contributed by atoms with Crippen LogP contribution in [-0.2, 0) is 6.54 Å². The Hall–Kier alpha value is -0.790. The van der Waals surface area contributed by atoms with Crippen LogP contribution in [0.15, 0.2) is 11.1 Å². The molecule has 0 saturated heterocycles. The van der Waals surface area contributed by atoms with Gasteiger partial charge in [-0.3, -0.25) is 9.67 Å². The van der Waals surface area contributed by atoms with Crippen molar-refractivity contribution in [2.45, 2.75) is 53.6 Å². The fourth-order valence-corrected chi connectivity index (χ4v) is 1.91. The summed E-state index contributed by atoms with van der Waals surface area (Å²) in [4.78, 5) is 4.25. The zero-order valence-electron chi connectivity index (χ0n) is 14.1. The number of aliphatic imine (C=N–C) groups is 1. The molecule has 0 aliphatic heterocycles. The van der Waals surface area contributed by atoms with E-state index in [1.54, 1.807) is 0 Å². The number of nitrogens with zero attached hydrogens (tertiary/aromatic N) is 3. The molecule has 0 amide bonds. The lowest BCUT2D eigenvalue weighted by Crippen LogP contribution is -2.44. The van der Waals surface area contributed by atoms with Gasteiger partial charge in [0.25, 0.3) is 0 Å². The summed E-state index contributed by atoms with van der Waals surface area (Å²) in [5, 5.41) is 11.2. The fourth-order valence-electron chi connectivity index (χ4n) is 1.91. The van der Waals surface area contributed by atoms with Crippen LogP contribution in [0.4, 0.5) is 0 Å². The van der Waals surface area contributed by atoms with E-state index in [1.165, 1.54) is 5.69 Å². The minimum Gasteiger partial charge on any atom is -0.356 e. The van der Waals surface area contributed by atoms with Gasteiger partial charge in [0.15, 0.2) is 5.96 Å². The minimum absolute atomic E-state index is 0. The number of aryl methyl sites for hydroxylation is 3. The van der Waals surface area contributed by atoms with Gasteiger partial charge < -0.3 is 10.6 Å². The maximum Gasteiger partial charge on any atom is 0.191 e. The number of aromatic nitrogens is 2. The second-order valence-corrected chi connectivity index (χ2v) is 5.68. The topological polar surface area (TPSA) is 54.2 Å². The first kappa shape index (κ1) is 20.2. The van der Waals surface area contributed by atoms with E-state index in [2.05, 4.69) is 59.2 Å². The maximum absolute atomic E-state index is 4.46. The van der Waals surface area contributed by atoms with E-state index in [1.807, 2.05) is 14.0 Å². The van der Waals surface area contributed by atoms with Crippen LogP contribution in [0.3, 0.4) is 0 Å². The second kappa shape index (κ2) is 10.0. The summed E-state index contributed by atoms with van der Waals surface area (Å²) in [6, 6.07) is 2.52. The van der Waals surface area contributed by atoms with Crippen molar-refractivity contribution in [2.75, 3.05) is 13.6 Å². The lowest BCUT2D eigenvalue weighted by Gasteiger charge is -2.20. The van der Waals surface area contributed by atoms with Crippen LogP contribution in [0.5, 0.6) is 0 Å². The molecule has 1 unspecified atom stereocenters. The molecule has 0 spiro atoms. The number of hydrogen-bond donors (Lipinski definition) is 2. The number of nitrogens with one attached hydrogen (secondary N) is 2. The SMILES string of the molecule is CN=C(NCCCn1nc(C)cc1C)NC(C)C(C)C.I. The Kier molecular flexibility index (Phi) is 9.65. The summed E-state index contributed by atoms with van der Waals surface area (Å²) < 4.78 is 2.06. The molecule has 1 atom stereocenters. The smallest absolute Gasteiger partial charge is 0.191 e. The van der Waals surface area contributed by atoms with Gasteiger partial charge in [-0.05, 0) is 39.2 Å². The van der Waals surface area contributed by atoms with Gasteiger partial charge in [-0.25, -0.2) is 0 Å². The van der Waals surface area contributed by atoms with Crippen molar-refractivity contribution in [3.05, 3.63) is 17.5 Å². The molecule has 1 heterocycles. The monoisotopic (exact) mass is 407 g/mol. The summed E-state index contributed by atoms with van der Waals surface area (Å²) in [6.07, 6.45) is 1.03. The van der Waals surface area contributed by atoms with E-state index < -0.39 is 0 Å². The molecular weight excluding hydrogens is 377 g/mol. The van der Waals surface area contributed by atoms with Gasteiger partial charge in [0, 0.05) is 31.9 Å². The van der Waals surface area contributed by atoms with E-state index in [9.17, 15) is 0 Å². The first-order valence-electron chi connectivity index (χ1n) is 7.42. The molecule has 0 aliphatic rings. The third-order valence-electron chi connectivity index (χ3n) is 3.53. The highest BCUT2D eigenvalue weighted by Gasteiger charge is 2.08. The molecule has 0 aliphatic carbocycles. The second-order valence-electron chi connectivity index (χ2n) is 5.68. The zero-order valence-corrected chi connectivity index (χ0v) is 16.4. The van der Waals surface area contributed by atoms with Crippen LogP contribution >= 0.6 is 24.0 Å². The number of hydrogen-bond acceptors (Lipinski definition) is 2. The van der Waals surface area contributed by atoms with E-state index in [4.69, 9.17) is 0 Å². The van der Waals surface area contributed by atoms with E-state index >= 15 is 0 Å². The normalized spacial score (nSPS) is 13.0. The third kappa shape index (κ3) is 7.15. The van der Waals surface area contributed by atoms with Gasteiger partial charge in [0.2, 0.25) is 0 Å². The number of guanidine groups is 1. The lowest BCUT2D eigenvalue weighted by atomic mass is 10.1. The average molecular weight is 407 g/mol. The van der Waals surface area contributed by atoms with Crippen LogP contribution in [0.1, 0.15) is 38.6 Å². The van der Waals surface area contributed by atoms with E-state index in [0.29, 0.717) is 12.0 Å². The Bertz CT molecular complexity index is 439. The highest BCUT2D eigenvalue weighted by atomic mass is 127. The average Bonchev–Trinajstić information content (AvgIpc) is 2.71. The quantitative estimate of drug-likeness (QED) is 0.330. The highest BCUT2D eigenvalue weighted by molar-refractivity contribution is 14.0. The molecule has 0 bridgehead atoms. The van der Waals surface area contributed by atoms with Crippen molar-refractivity contribution < 1.29 is 0 Å². The van der Waals surface area contributed by atoms with Crippen LogP contribution in [-0.4, -0.2) is 35.4 Å². The molecule has 1 aromatic heterocycles. The number of halogens is 1. The van der Waals surface area contributed by atoms with Gasteiger partial charge in [0.05, 0.1) is 5.69 Å². The first-order valence-corrected chi connectivity index (χ1v) is 7.42. The van der Waals surface area contributed by atoms with Gasteiger partial charge >= 0.3 is 0 Å². The van der Waals surface area contributed by atoms with E-state index in [-0.39, 0.29) is 24.0 Å². The van der Waals surface area contributed by atoms with Crippen LogP contribution in [0.2, 0.25) is 0 Å². The van der Waals surface area contributed by atoms with Crippen molar-refractivity contribution in [1.82, 2.24) is 20.4 Å². The minimum atomic E-state index is 0. The van der Waals surface area contributed by atoms with Crippen LogP contribution < -0.4 is 10.6 Å². The Morgan fingerprint density at radius 1 is 1.33 bits per heavy atom. The molecule has 122 valence electrons. The summed E-state index contributed by atoms with van der Waals surface area (Å²) in [6.45, 7) is 12.5.